The van der Waals surface area contributed by atoms with Crippen molar-refractivity contribution in [1.29, 1.82) is 0 Å². The number of aromatic nitrogens is 1. The molecule has 1 aromatic carbocycles. The number of nitrogens with zero attached hydrogens (tertiary/aromatic N) is 1. The third-order valence-corrected chi connectivity index (χ3v) is 3.92. The van der Waals surface area contributed by atoms with E-state index in [9.17, 15) is 4.39 Å². The van der Waals surface area contributed by atoms with Gasteiger partial charge in [0.2, 0.25) is 5.88 Å². The van der Waals surface area contributed by atoms with Gasteiger partial charge in [0, 0.05) is 5.69 Å². The highest BCUT2D eigenvalue weighted by molar-refractivity contribution is 7.80. The van der Waals surface area contributed by atoms with Crippen molar-refractivity contribution in [2.75, 3.05) is 0 Å². The molecule has 0 amide bonds. The maximum absolute atomic E-state index is 13.9. The van der Waals surface area contributed by atoms with Crippen LogP contribution in [0.3, 0.4) is 0 Å². The molecule has 0 saturated carbocycles. The molecular formula is C15H12ClFN2OS. The van der Waals surface area contributed by atoms with Gasteiger partial charge in [0.1, 0.15) is 4.99 Å². The highest BCUT2D eigenvalue weighted by Gasteiger charge is 2.20. The second-order valence-corrected chi connectivity index (χ2v) is 5.67. The van der Waals surface area contributed by atoms with Crippen LogP contribution in [0, 0.1) is 5.82 Å². The first-order valence-corrected chi connectivity index (χ1v) is 7.29. The Morgan fingerprint density at radius 2 is 2.19 bits per heavy atom. The van der Waals surface area contributed by atoms with E-state index < -0.39 is 5.82 Å². The van der Waals surface area contributed by atoms with Gasteiger partial charge in [-0.3, -0.25) is 0 Å². The number of nitrogens with two attached hydrogens (primary N) is 1. The summed E-state index contributed by atoms with van der Waals surface area (Å²) in [5.41, 5.74) is 8.31. The Balaban J connectivity index is 2.05. The fraction of sp³-hybridized carbons (Fsp3) is 0.200. The number of aryl methyl sites for hydroxylation is 2. The van der Waals surface area contributed by atoms with Crippen LogP contribution in [0.15, 0.2) is 24.3 Å². The van der Waals surface area contributed by atoms with E-state index >= 15 is 0 Å². The zero-order valence-corrected chi connectivity index (χ0v) is 12.6. The Bertz CT molecular complexity index is 736. The van der Waals surface area contributed by atoms with Crippen LogP contribution in [0.4, 0.5) is 4.39 Å². The number of hydrogen-bond acceptors (Lipinski definition) is 3. The van der Waals surface area contributed by atoms with Gasteiger partial charge < -0.3 is 10.5 Å². The van der Waals surface area contributed by atoms with Crippen molar-refractivity contribution in [3.8, 4) is 11.6 Å². The summed E-state index contributed by atoms with van der Waals surface area (Å²) in [7, 11) is 0. The van der Waals surface area contributed by atoms with E-state index in [4.69, 9.17) is 34.3 Å². The molecule has 3 nitrogen and oxygen atoms in total. The minimum Gasteiger partial charge on any atom is -0.435 e. The highest BCUT2D eigenvalue weighted by atomic mass is 35.5. The standard InChI is InChI=1S/C15H12ClFN2OS/c16-10-4-2-6-12(13(10)17)20-15-9(14(18)21)7-8-3-1-5-11(8)19-15/h2,4,6-7H,1,3,5H2,(H2,18,21). The molecule has 0 aliphatic heterocycles. The van der Waals surface area contributed by atoms with Crippen molar-refractivity contribution in [2.24, 2.45) is 5.73 Å². The maximum atomic E-state index is 13.9. The number of thiocarbonyl (C=S) groups is 1. The summed E-state index contributed by atoms with van der Waals surface area (Å²) in [6.07, 6.45) is 2.86. The molecule has 0 unspecified atom stereocenters. The monoisotopic (exact) mass is 322 g/mol. The Morgan fingerprint density at radius 1 is 1.38 bits per heavy atom. The molecule has 21 heavy (non-hydrogen) atoms. The van der Waals surface area contributed by atoms with Crippen LogP contribution < -0.4 is 10.5 Å². The van der Waals surface area contributed by atoms with Crippen LogP contribution in [0.25, 0.3) is 0 Å². The van der Waals surface area contributed by atoms with Crippen LogP contribution in [-0.2, 0) is 12.8 Å². The smallest absolute Gasteiger partial charge is 0.229 e. The first-order valence-electron chi connectivity index (χ1n) is 6.50. The fourth-order valence-electron chi connectivity index (χ4n) is 2.37. The van der Waals surface area contributed by atoms with Gasteiger partial charge in [-0.2, -0.15) is 0 Å². The Morgan fingerprint density at radius 3 is 2.95 bits per heavy atom. The minimum atomic E-state index is -0.629. The van der Waals surface area contributed by atoms with E-state index in [0.29, 0.717) is 5.56 Å². The number of rotatable bonds is 3. The lowest BCUT2D eigenvalue weighted by Crippen LogP contribution is -2.13. The van der Waals surface area contributed by atoms with Gasteiger partial charge >= 0.3 is 0 Å². The molecule has 1 aliphatic rings. The first-order chi connectivity index (χ1) is 10.1. The molecule has 1 heterocycles. The lowest BCUT2D eigenvalue weighted by molar-refractivity contribution is 0.425. The Hall–Kier alpha value is -1.72. The summed E-state index contributed by atoms with van der Waals surface area (Å²) in [6.45, 7) is 0. The number of benzene rings is 1. The molecule has 2 N–H and O–H groups in total. The fourth-order valence-corrected chi connectivity index (χ4v) is 2.69. The van der Waals surface area contributed by atoms with Gasteiger partial charge in [-0.15, -0.1) is 0 Å². The molecule has 0 bridgehead atoms. The molecule has 0 fully saturated rings. The molecule has 108 valence electrons. The van der Waals surface area contributed by atoms with Crippen LogP contribution in [0.1, 0.15) is 23.2 Å². The zero-order valence-electron chi connectivity index (χ0n) is 11.0. The molecule has 0 atom stereocenters. The van der Waals surface area contributed by atoms with E-state index in [1.165, 1.54) is 12.1 Å². The second kappa shape index (κ2) is 5.58. The van der Waals surface area contributed by atoms with Crippen molar-refractivity contribution >= 4 is 28.8 Å². The molecule has 2 aromatic rings. The number of fused-ring (bicyclic) bond motifs is 1. The van der Waals surface area contributed by atoms with Gasteiger partial charge in [0.15, 0.2) is 11.6 Å². The molecule has 0 radical (unpaired) electrons. The summed E-state index contributed by atoms with van der Waals surface area (Å²) in [6, 6.07) is 6.43. The molecule has 0 spiro atoms. The van der Waals surface area contributed by atoms with E-state index in [0.717, 1.165) is 30.5 Å². The Labute approximate surface area is 131 Å². The molecule has 0 saturated heterocycles. The number of pyridine rings is 1. The normalized spacial score (nSPS) is 13.0. The summed E-state index contributed by atoms with van der Waals surface area (Å²) in [4.78, 5) is 4.62. The van der Waals surface area contributed by atoms with E-state index in [2.05, 4.69) is 4.98 Å². The molecule has 3 rings (SSSR count). The van der Waals surface area contributed by atoms with Crippen molar-refractivity contribution in [2.45, 2.75) is 19.3 Å². The lowest BCUT2D eigenvalue weighted by Gasteiger charge is -2.12. The van der Waals surface area contributed by atoms with Gasteiger partial charge in [0.25, 0.3) is 0 Å². The number of ether oxygens (including phenoxy) is 1. The third kappa shape index (κ3) is 2.71. The van der Waals surface area contributed by atoms with Gasteiger partial charge in [-0.25, -0.2) is 9.37 Å². The molecular weight excluding hydrogens is 311 g/mol. The average molecular weight is 323 g/mol. The van der Waals surface area contributed by atoms with E-state index in [1.54, 1.807) is 6.07 Å². The van der Waals surface area contributed by atoms with Gasteiger partial charge in [-0.1, -0.05) is 29.9 Å². The van der Waals surface area contributed by atoms with Crippen LogP contribution in [0.2, 0.25) is 5.02 Å². The van der Waals surface area contributed by atoms with Crippen molar-refractivity contribution < 1.29 is 9.13 Å². The lowest BCUT2D eigenvalue weighted by atomic mass is 10.1. The first kappa shape index (κ1) is 14.2. The Kier molecular flexibility index (Phi) is 3.78. The van der Waals surface area contributed by atoms with E-state index in [-0.39, 0.29) is 21.6 Å². The quantitative estimate of drug-likeness (QED) is 0.873. The number of hydrogen-bond donors (Lipinski definition) is 1. The summed E-state index contributed by atoms with van der Waals surface area (Å²) in [5, 5.41) is -0.00876. The average Bonchev–Trinajstić information content (AvgIpc) is 2.90. The minimum absolute atomic E-state index is 0.00504. The maximum Gasteiger partial charge on any atom is 0.229 e. The zero-order chi connectivity index (χ0) is 15.0. The van der Waals surface area contributed by atoms with Crippen molar-refractivity contribution in [3.63, 3.8) is 0 Å². The largest absolute Gasteiger partial charge is 0.435 e. The van der Waals surface area contributed by atoms with Crippen LogP contribution >= 0.6 is 23.8 Å². The highest BCUT2D eigenvalue weighted by Crippen LogP contribution is 2.32. The van der Waals surface area contributed by atoms with Gasteiger partial charge in [0.05, 0.1) is 10.6 Å². The van der Waals surface area contributed by atoms with Crippen LogP contribution in [-0.4, -0.2) is 9.97 Å². The molecule has 6 heteroatoms. The second-order valence-electron chi connectivity index (χ2n) is 4.82. The summed E-state index contributed by atoms with van der Waals surface area (Å²) in [5.74, 6) is -0.398. The molecule has 1 aliphatic carbocycles. The van der Waals surface area contributed by atoms with Crippen LogP contribution in [0.5, 0.6) is 11.6 Å². The predicted octanol–water partition coefficient (Wildman–Crippen LogP) is 3.79. The van der Waals surface area contributed by atoms with E-state index in [1.807, 2.05) is 6.07 Å². The summed E-state index contributed by atoms with van der Waals surface area (Å²) < 4.78 is 19.5. The topological polar surface area (TPSA) is 48.1 Å². The van der Waals surface area contributed by atoms with Crippen molar-refractivity contribution in [1.82, 2.24) is 4.98 Å². The van der Waals surface area contributed by atoms with Crippen molar-refractivity contribution in [3.05, 3.63) is 51.9 Å². The summed E-state index contributed by atoms with van der Waals surface area (Å²) >= 11 is 10.8. The predicted molar refractivity (Wildman–Crippen MR) is 83.6 cm³/mol. The van der Waals surface area contributed by atoms with Gasteiger partial charge in [-0.05, 0) is 43.0 Å². The number of halogens is 2. The SMILES string of the molecule is NC(=S)c1cc2c(nc1Oc1cccc(Cl)c1F)CCC2. The third-order valence-electron chi connectivity index (χ3n) is 3.40. The molecule has 1 aromatic heterocycles.